The van der Waals surface area contributed by atoms with E-state index in [-0.39, 0.29) is 0 Å². The highest BCUT2D eigenvalue weighted by molar-refractivity contribution is 7.99. The van der Waals surface area contributed by atoms with E-state index in [0.29, 0.717) is 0 Å². The maximum Gasteiger partial charge on any atom is 0.0540 e. The van der Waals surface area contributed by atoms with Crippen LogP contribution in [0.3, 0.4) is 0 Å². The van der Waals surface area contributed by atoms with Crippen LogP contribution in [0.15, 0.2) is 301 Å². The number of rotatable bonds is 21. The van der Waals surface area contributed by atoms with E-state index in [1.165, 1.54) is 57.0 Å². The first-order valence-electron chi connectivity index (χ1n) is 28.7. The molecule has 0 spiro atoms. The predicted molar refractivity (Wildman–Crippen MR) is 357 cm³/mol. The van der Waals surface area contributed by atoms with Crippen LogP contribution in [0, 0.1) is 0 Å². The van der Waals surface area contributed by atoms with Crippen LogP contribution in [-0.2, 0) is 0 Å². The average molecular weight is 1100 g/mol. The van der Waals surface area contributed by atoms with E-state index >= 15 is 0 Å². The maximum absolute atomic E-state index is 2.39. The van der Waals surface area contributed by atoms with Crippen LogP contribution in [0.25, 0.3) is 32.7 Å². The maximum atomic E-state index is 2.39. The third-order valence-electron chi connectivity index (χ3n) is 15.1. The molecule has 0 fully saturated rings. The van der Waals surface area contributed by atoms with Crippen LogP contribution in [0.5, 0.6) is 0 Å². The Morgan fingerprint density at radius 2 is 0.512 bits per heavy atom. The zero-order valence-corrected chi connectivity index (χ0v) is 48.2. The number of benzene rings is 12. The second-order valence-corrected chi connectivity index (χ2v) is 22.9. The van der Waals surface area contributed by atoms with E-state index in [1.54, 1.807) is 0 Å². The van der Waals surface area contributed by atoms with Gasteiger partial charge in [0, 0.05) is 77.4 Å². The van der Waals surface area contributed by atoms with E-state index in [2.05, 4.69) is 325 Å². The van der Waals surface area contributed by atoms with Crippen LogP contribution in [-0.4, -0.2) is 11.5 Å². The molecule has 0 aliphatic carbocycles. The highest BCUT2D eigenvalue weighted by Gasteiger charge is 2.21. The average Bonchev–Trinajstić information content (AvgIpc) is 3.74. The fraction of sp³-hybridized carbons (Fsp3) is 0.105. The lowest BCUT2D eigenvalue weighted by Gasteiger charge is -2.29. The molecule has 6 heteroatoms. The largest absolute Gasteiger partial charge is 0.311 e. The van der Waals surface area contributed by atoms with Crippen LogP contribution in [0.1, 0.15) is 39.5 Å². The van der Waals surface area contributed by atoms with Gasteiger partial charge in [0.05, 0.1) is 11.4 Å². The molecule has 0 amide bonds. The van der Waals surface area contributed by atoms with Gasteiger partial charge in [-0.3, -0.25) is 0 Å². The van der Waals surface area contributed by atoms with Gasteiger partial charge in [-0.25, -0.2) is 0 Å². The summed E-state index contributed by atoms with van der Waals surface area (Å²) < 4.78 is 0. The Morgan fingerprint density at radius 1 is 0.244 bits per heavy atom. The first-order chi connectivity index (χ1) is 40.6. The van der Waals surface area contributed by atoms with Crippen molar-refractivity contribution in [2.24, 2.45) is 0 Å². The number of thioether (sulfide) groups is 2. The first-order valence-corrected chi connectivity index (χ1v) is 30.7. The van der Waals surface area contributed by atoms with Gasteiger partial charge in [0.2, 0.25) is 0 Å². The van der Waals surface area contributed by atoms with Crippen molar-refractivity contribution in [1.82, 2.24) is 0 Å². The summed E-state index contributed by atoms with van der Waals surface area (Å²) in [6, 6.07) is 106. The van der Waals surface area contributed by atoms with Gasteiger partial charge >= 0.3 is 0 Å². The minimum absolute atomic E-state index is 1.08. The molecule has 0 atom stereocenters. The Hall–Kier alpha value is -8.94. The van der Waals surface area contributed by atoms with Gasteiger partial charge in [-0.2, -0.15) is 0 Å². The number of para-hydroxylation sites is 2. The molecule has 82 heavy (non-hydrogen) atoms. The summed E-state index contributed by atoms with van der Waals surface area (Å²) in [7, 11) is 0. The molecular weight excluding hydrogens is 1030 g/mol. The Balaban J connectivity index is 0.863. The molecule has 12 aromatic carbocycles. The fourth-order valence-electron chi connectivity index (χ4n) is 10.9. The SMILES string of the molecule is CCCCSc1ccc(N(c2ccccc2)c2ccc(N(c3ccc(-c4ccc(N(c5ccc(N(c6ccccc6)c6ccc(SCCCC)cc6)cc5)c5cccc6ccccc56)cc4)cc3)c3cccc4ccccc34)cc2)cc1. The third-order valence-corrected chi connectivity index (χ3v) is 17.3. The van der Waals surface area contributed by atoms with Crippen molar-refractivity contribution in [3.63, 3.8) is 0 Å². The molecule has 0 heterocycles. The smallest absolute Gasteiger partial charge is 0.0540 e. The van der Waals surface area contributed by atoms with Crippen molar-refractivity contribution in [1.29, 1.82) is 0 Å². The molecule has 0 saturated heterocycles. The molecule has 0 aromatic heterocycles. The summed E-state index contributed by atoms with van der Waals surface area (Å²) in [6.07, 6.45) is 4.85. The van der Waals surface area contributed by atoms with Gasteiger partial charge in [-0.05, 0) is 204 Å². The lowest BCUT2D eigenvalue weighted by Crippen LogP contribution is -2.12. The zero-order valence-electron chi connectivity index (χ0n) is 46.6. The minimum Gasteiger partial charge on any atom is -0.311 e. The molecule has 12 rings (SSSR count). The van der Waals surface area contributed by atoms with Crippen molar-refractivity contribution < 1.29 is 0 Å². The molecule has 402 valence electrons. The van der Waals surface area contributed by atoms with E-state index in [0.717, 1.165) is 90.9 Å². The molecular formula is C76H66N4S2. The standard InChI is InChI=1S/C76H66N4S2/c1-3-5-55-81-71-51-47-65(48-52-71)77(61-23-9-7-10-24-61)63-39-43-69(44-40-63)79(75-29-17-21-59-19-13-15-27-73(59)75)67-35-31-57(32-36-67)58-33-37-68(38-34-58)80(76-30-18-22-60-20-14-16-28-74(60)76)70-45-41-64(42-46-70)78(62-25-11-8-12-26-62)66-49-53-72(54-50-66)82-56-6-4-2/h7-54H,3-6,55-56H2,1-2H3. The molecule has 0 saturated carbocycles. The van der Waals surface area contributed by atoms with Crippen LogP contribution >= 0.6 is 23.5 Å². The third kappa shape index (κ3) is 11.9. The highest BCUT2D eigenvalue weighted by Crippen LogP contribution is 2.45. The Morgan fingerprint density at radius 3 is 0.854 bits per heavy atom. The van der Waals surface area contributed by atoms with Crippen LogP contribution < -0.4 is 19.6 Å². The topological polar surface area (TPSA) is 13.0 Å². The van der Waals surface area contributed by atoms with Gasteiger partial charge in [0.15, 0.2) is 0 Å². The van der Waals surface area contributed by atoms with Crippen molar-refractivity contribution in [3.05, 3.63) is 291 Å². The summed E-state index contributed by atoms with van der Waals surface area (Å²) in [5.41, 5.74) is 15.5. The quantitative estimate of drug-likeness (QED) is 0.0522. The lowest BCUT2D eigenvalue weighted by atomic mass is 10.0. The number of nitrogens with zero attached hydrogens (tertiary/aromatic N) is 4. The van der Waals surface area contributed by atoms with Crippen LogP contribution in [0.4, 0.5) is 68.2 Å². The molecule has 0 radical (unpaired) electrons. The molecule has 0 aliphatic rings. The minimum atomic E-state index is 1.08. The summed E-state index contributed by atoms with van der Waals surface area (Å²) in [5, 5.41) is 4.78. The molecule has 0 unspecified atom stereocenters. The summed E-state index contributed by atoms with van der Waals surface area (Å²) in [5.74, 6) is 2.27. The van der Waals surface area contributed by atoms with Crippen molar-refractivity contribution in [2.45, 2.75) is 49.3 Å². The Bertz CT molecular complexity index is 3710. The number of unbranched alkanes of at least 4 members (excludes halogenated alkanes) is 2. The predicted octanol–water partition coefficient (Wildman–Crippen LogP) is 23.3. The summed E-state index contributed by atoms with van der Waals surface area (Å²) in [4.78, 5) is 12.1. The van der Waals surface area contributed by atoms with Gasteiger partial charge in [-0.15, -0.1) is 23.5 Å². The number of fused-ring (bicyclic) bond motifs is 2. The molecule has 4 nitrogen and oxygen atoms in total. The van der Waals surface area contributed by atoms with Gasteiger partial charge < -0.3 is 19.6 Å². The van der Waals surface area contributed by atoms with Crippen LogP contribution in [0.2, 0.25) is 0 Å². The van der Waals surface area contributed by atoms with Crippen molar-refractivity contribution in [2.75, 3.05) is 31.1 Å². The Labute approximate surface area is 493 Å². The highest BCUT2D eigenvalue weighted by atomic mass is 32.2. The monoisotopic (exact) mass is 1100 g/mol. The molecule has 0 bridgehead atoms. The van der Waals surface area contributed by atoms with E-state index in [9.17, 15) is 0 Å². The number of anilines is 12. The van der Waals surface area contributed by atoms with Crippen molar-refractivity contribution in [3.8, 4) is 11.1 Å². The van der Waals surface area contributed by atoms with E-state index in [1.807, 2.05) is 23.5 Å². The second kappa shape index (κ2) is 25.7. The molecule has 0 N–H and O–H groups in total. The van der Waals surface area contributed by atoms with E-state index < -0.39 is 0 Å². The summed E-state index contributed by atoms with van der Waals surface area (Å²) in [6.45, 7) is 4.50. The number of hydrogen-bond acceptors (Lipinski definition) is 6. The molecule has 0 aliphatic heterocycles. The van der Waals surface area contributed by atoms with Gasteiger partial charge in [0.25, 0.3) is 0 Å². The zero-order chi connectivity index (χ0) is 55.5. The van der Waals surface area contributed by atoms with Crippen molar-refractivity contribution >= 4 is 113 Å². The first kappa shape index (κ1) is 53.7. The van der Waals surface area contributed by atoms with Gasteiger partial charge in [0.1, 0.15) is 0 Å². The van der Waals surface area contributed by atoms with E-state index in [4.69, 9.17) is 0 Å². The lowest BCUT2D eigenvalue weighted by molar-refractivity contribution is 0.896. The number of hydrogen-bond donors (Lipinski definition) is 0. The molecule has 12 aromatic rings. The normalized spacial score (nSPS) is 11.2. The van der Waals surface area contributed by atoms with Gasteiger partial charge in [-0.1, -0.05) is 160 Å². The Kier molecular flexibility index (Phi) is 16.8. The summed E-state index contributed by atoms with van der Waals surface area (Å²) >= 11 is 3.86. The fourth-order valence-corrected chi connectivity index (χ4v) is 12.9. The second-order valence-electron chi connectivity index (χ2n) is 20.5.